The molecular weight excluding hydrogens is 419 g/mol. The summed E-state index contributed by atoms with van der Waals surface area (Å²) in [6.07, 6.45) is 0.250. The first kappa shape index (κ1) is 24.4. The van der Waals surface area contributed by atoms with Gasteiger partial charge in [0.15, 0.2) is 0 Å². The summed E-state index contributed by atoms with van der Waals surface area (Å²) in [5, 5.41) is 3.65. The molecule has 164 valence electrons. The highest BCUT2D eigenvalue weighted by atomic mass is 32.1. The number of carbonyl (C=O) groups excluding carboxylic acids is 3. The van der Waals surface area contributed by atoms with Crippen LogP contribution in [0.2, 0.25) is 0 Å². The molecule has 1 amide bonds. The minimum absolute atomic E-state index is 0.128. The summed E-state index contributed by atoms with van der Waals surface area (Å²) in [7, 11) is 2.11. The first-order valence-corrected chi connectivity index (χ1v) is 10.5. The monoisotopic (exact) mass is 444 g/mol. The highest BCUT2D eigenvalue weighted by Crippen LogP contribution is 2.26. The van der Waals surface area contributed by atoms with Crippen LogP contribution in [0.4, 0.5) is 4.39 Å². The maximum absolute atomic E-state index is 13.2. The molecule has 2 heterocycles. The van der Waals surface area contributed by atoms with Crippen molar-refractivity contribution in [1.82, 2.24) is 10.2 Å². The number of hydrogen-bond acceptors (Lipinski definition) is 6. The summed E-state index contributed by atoms with van der Waals surface area (Å²) in [5.41, 5.74) is 2.25. The van der Waals surface area contributed by atoms with E-state index in [1.54, 1.807) is 12.1 Å². The molecule has 6 nitrogen and oxygen atoms in total. The van der Waals surface area contributed by atoms with Crippen molar-refractivity contribution in [3.8, 4) is 0 Å². The van der Waals surface area contributed by atoms with E-state index in [1.165, 1.54) is 29.0 Å². The second-order valence-electron chi connectivity index (χ2n) is 6.96. The topological polar surface area (TPSA) is 75.7 Å². The van der Waals surface area contributed by atoms with E-state index in [1.807, 2.05) is 31.2 Å². The van der Waals surface area contributed by atoms with Crippen LogP contribution in [0.3, 0.4) is 0 Å². The summed E-state index contributed by atoms with van der Waals surface area (Å²) in [4.78, 5) is 31.3. The van der Waals surface area contributed by atoms with Gasteiger partial charge in [-0.15, -0.1) is 11.3 Å². The number of nitrogens with zero attached hydrogens (tertiary/aromatic N) is 1. The maximum atomic E-state index is 13.2. The van der Waals surface area contributed by atoms with Gasteiger partial charge in [0.2, 0.25) is 0 Å². The van der Waals surface area contributed by atoms with Crippen LogP contribution >= 0.6 is 11.3 Å². The average molecular weight is 445 g/mol. The van der Waals surface area contributed by atoms with Crippen molar-refractivity contribution in [2.24, 2.45) is 0 Å². The molecule has 1 aliphatic heterocycles. The van der Waals surface area contributed by atoms with Crippen molar-refractivity contribution in [3.63, 3.8) is 0 Å². The van der Waals surface area contributed by atoms with E-state index in [4.69, 9.17) is 14.3 Å². The zero-order valence-corrected chi connectivity index (χ0v) is 18.3. The van der Waals surface area contributed by atoms with Crippen LogP contribution in [0.15, 0.2) is 48.5 Å². The lowest BCUT2D eigenvalue weighted by molar-refractivity contribution is -0.191. The van der Waals surface area contributed by atoms with Gasteiger partial charge in [-0.25, -0.2) is 4.39 Å². The number of hydrogen-bond donors (Lipinski definition) is 1. The molecule has 2 aromatic carbocycles. The number of halogens is 1. The van der Waals surface area contributed by atoms with Crippen LogP contribution in [-0.4, -0.2) is 50.3 Å². The minimum atomic E-state index is -0.285. The van der Waals surface area contributed by atoms with Gasteiger partial charge in [0.1, 0.15) is 5.82 Å². The van der Waals surface area contributed by atoms with E-state index in [9.17, 15) is 9.18 Å². The Morgan fingerprint density at radius 3 is 2.35 bits per heavy atom. The zero-order chi connectivity index (χ0) is 22.6. The van der Waals surface area contributed by atoms with Crippen LogP contribution < -0.4 is 5.32 Å². The molecule has 1 aliphatic rings. The summed E-state index contributed by atoms with van der Waals surface area (Å²) in [6.45, 7) is 6.54. The number of morpholine rings is 1. The number of aryl methyl sites for hydroxylation is 1. The molecule has 0 saturated carbocycles. The number of rotatable bonds is 3. The highest BCUT2D eigenvalue weighted by molar-refractivity contribution is 7.20. The molecule has 1 N–H and O–H groups in total. The molecule has 31 heavy (non-hydrogen) atoms. The van der Waals surface area contributed by atoms with Crippen molar-refractivity contribution in [2.45, 2.75) is 13.5 Å². The van der Waals surface area contributed by atoms with Crippen molar-refractivity contribution in [3.05, 3.63) is 70.4 Å². The highest BCUT2D eigenvalue weighted by Gasteiger charge is 2.10. The third-order valence-corrected chi connectivity index (χ3v) is 5.63. The molecule has 3 aromatic rings. The smallest absolute Gasteiger partial charge is 0.373 e. The fourth-order valence-corrected chi connectivity index (χ4v) is 3.72. The predicted octanol–water partition coefficient (Wildman–Crippen LogP) is 3.64. The minimum Gasteiger partial charge on any atom is -0.379 e. The summed E-state index contributed by atoms with van der Waals surface area (Å²) < 4.78 is 19.2. The van der Waals surface area contributed by atoms with Crippen molar-refractivity contribution in [2.75, 3.05) is 33.4 Å². The molecule has 0 radical (unpaired) electrons. The SMILES string of the molecule is CN1CCOCC1.Cc1ccc(CNC(=O)c2cc3cc(F)ccc3s2)cc1.O=C=O. The molecule has 0 bridgehead atoms. The van der Waals surface area contributed by atoms with E-state index < -0.39 is 0 Å². The normalized spacial score (nSPS) is 13.3. The van der Waals surface area contributed by atoms with E-state index in [0.717, 1.165) is 42.0 Å². The molecule has 0 unspecified atom stereocenters. The molecule has 0 atom stereocenters. The Morgan fingerprint density at radius 2 is 1.77 bits per heavy atom. The summed E-state index contributed by atoms with van der Waals surface area (Å²) >= 11 is 1.37. The molecule has 0 aliphatic carbocycles. The first-order chi connectivity index (χ1) is 14.9. The lowest BCUT2D eigenvalue weighted by atomic mass is 10.1. The van der Waals surface area contributed by atoms with Crippen LogP contribution in [0, 0.1) is 12.7 Å². The van der Waals surface area contributed by atoms with Crippen LogP contribution in [0.5, 0.6) is 0 Å². The number of benzene rings is 2. The lowest BCUT2D eigenvalue weighted by Crippen LogP contribution is -2.32. The number of likely N-dealkylation sites (N-methyl/N-ethyl adjacent to an activating group) is 1. The molecule has 1 saturated heterocycles. The first-order valence-electron chi connectivity index (χ1n) is 9.71. The molecule has 1 aromatic heterocycles. The summed E-state index contributed by atoms with van der Waals surface area (Å²) in [5.74, 6) is -0.413. The molecular formula is C23H25FN2O4S. The van der Waals surface area contributed by atoms with Gasteiger partial charge < -0.3 is 15.0 Å². The second-order valence-corrected chi connectivity index (χ2v) is 8.04. The third-order valence-electron chi connectivity index (χ3n) is 4.51. The Bertz CT molecular complexity index is 1010. The Labute approximate surface area is 184 Å². The van der Waals surface area contributed by atoms with Crippen LogP contribution in [0.1, 0.15) is 20.8 Å². The van der Waals surface area contributed by atoms with E-state index in [0.29, 0.717) is 11.4 Å². The quantitative estimate of drug-likeness (QED) is 0.668. The van der Waals surface area contributed by atoms with Crippen molar-refractivity contribution in [1.29, 1.82) is 0 Å². The summed E-state index contributed by atoms with van der Waals surface area (Å²) in [6, 6.07) is 14.3. The number of nitrogens with one attached hydrogen (secondary N) is 1. The lowest BCUT2D eigenvalue weighted by Gasteiger charge is -2.21. The standard InChI is InChI=1S/C17H14FNOS.C5H11NO.CO2/c1-11-2-4-12(5-3-11)10-19-17(20)16-9-13-8-14(18)6-7-15(13)21-16;1-6-2-4-7-5-3-6;2-1-3/h2-9H,10H2,1H3,(H,19,20);2-5H2,1H3;. The van der Waals surface area contributed by atoms with E-state index in [-0.39, 0.29) is 17.9 Å². The number of ether oxygens (including phenoxy) is 1. The van der Waals surface area contributed by atoms with E-state index in [2.05, 4.69) is 17.3 Å². The Balaban J connectivity index is 0.000000284. The average Bonchev–Trinajstić information content (AvgIpc) is 3.18. The van der Waals surface area contributed by atoms with Crippen molar-refractivity contribution >= 4 is 33.5 Å². The second kappa shape index (κ2) is 12.7. The van der Waals surface area contributed by atoms with E-state index >= 15 is 0 Å². The number of thiophene rings is 1. The van der Waals surface area contributed by atoms with Crippen LogP contribution in [0.25, 0.3) is 10.1 Å². The molecule has 4 rings (SSSR count). The van der Waals surface area contributed by atoms with Gasteiger partial charge in [0, 0.05) is 24.3 Å². The Morgan fingerprint density at radius 1 is 1.13 bits per heavy atom. The van der Waals surface area contributed by atoms with Gasteiger partial charge in [-0.2, -0.15) is 9.59 Å². The van der Waals surface area contributed by atoms with Gasteiger partial charge in [0.25, 0.3) is 5.91 Å². The van der Waals surface area contributed by atoms with Gasteiger partial charge in [-0.3, -0.25) is 4.79 Å². The van der Waals surface area contributed by atoms with Crippen LogP contribution in [-0.2, 0) is 20.9 Å². The maximum Gasteiger partial charge on any atom is 0.373 e. The number of carbonyl (C=O) groups is 1. The van der Waals surface area contributed by atoms with Gasteiger partial charge in [-0.05, 0) is 49.2 Å². The fraction of sp³-hybridized carbons (Fsp3) is 0.304. The zero-order valence-electron chi connectivity index (χ0n) is 17.5. The number of amides is 1. The fourth-order valence-electron chi connectivity index (χ4n) is 2.76. The van der Waals surface area contributed by atoms with Gasteiger partial charge >= 0.3 is 6.15 Å². The largest absolute Gasteiger partial charge is 0.379 e. The molecule has 1 fully saturated rings. The van der Waals surface area contributed by atoms with Crippen molar-refractivity contribution < 1.29 is 23.5 Å². The molecule has 0 spiro atoms. The third kappa shape index (κ3) is 8.39. The van der Waals surface area contributed by atoms with Gasteiger partial charge in [0.05, 0.1) is 18.1 Å². The Kier molecular flexibility index (Phi) is 10.00. The number of fused-ring (bicyclic) bond motifs is 1. The Hall–Kier alpha value is -2.90. The predicted molar refractivity (Wildman–Crippen MR) is 117 cm³/mol. The molecule has 8 heteroatoms. The van der Waals surface area contributed by atoms with Gasteiger partial charge in [-0.1, -0.05) is 29.8 Å².